The van der Waals surface area contributed by atoms with E-state index in [4.69, 9.17) is 23.1 Å². The maximum atomic E-state index is 14.2. The van der Waals surface area contributed by atoms with Crippen molar-refractivity contribution >= 4 is 34.7 Å². The van der Waals surface area contributed by atoms with E-state index in [1.54, 1.807) is 4.68 Å². The molecular weight excluding hydrogens is 315 g/mol. The molecule has 4 N–H and O–H groups in total. The van der Waals surface area contributed by atoms with Crippen molar-refractivity contribution in [3.05, 3.63) is 16.9 Å². The zero-order chi connectivity index (χ0) is 15.0. The van der Waals surface area contributed by atoms with Gasteiger partial charge in [0.05, 0.1) is 22.3 Å². The van der Waals surface area contributed by atoms with Gasteiger partial charge in [-0.3, -0.25) is 0 Å². The van der Waals surface area contributed by atoms with Crippen LogP contribution in [0.2, 0.25) is 5.02 Å². The monoisotopic (exact) mass is 328 g/mol. The highest BCUT2D eigenvalue weighted by Crippen LogP contribution is 2.40. The summed E-state index contributed by atoms with van der Waals surface area (Å²) in [7, 11) is 0. The highest BCUT2D eigenvalue weighted by atomic mass is 35.5. The van der Waals surface area contributed by atoms with Gasteiger partial charge in [-0.05, 0) is 41.1 Å². The second-order valence-corrected chi connectivity index (χ2v) is 6.31. The summed E-state index contributed by atoms with van der Waals surface area (Å²) in [5.74, 6) is -0.639. The third-order valence-corrected chi connectivity index (χ3v) is 5.00. The Morgan fingerprint density at radius 3 is 2.71 bits per heavy atom. The van der Waals surface area contributed by atoms with Crippen LogP contribution in [0.1, 0.15) is 31.7 Å². The minimum absolute atomic E-state index is 0.117. The Hall–Kier alpha value is -1.54. The molecule has 0 unspecified atom stereocenters. The number of hydrogen-bond donors (Lipinski definition) is 2. The molecule has 3 rings (SSSR count). The smallest absolute Gasteiger partial charge is 0.214 e. The van der Waals surface area contributed by atoms with Crippen LogP contribution in [-0.4, -0.2) is 20.2 Å². The van der Waals surface area contributed by atoms with Crippen molar-refractivity contribution in [1.29, 1.82) is 0 Å². The molecule has 2 aromatic rings. The lowest BCUT2D eigenvalue weighted by atomic mass is 10.3. The number of tetrazole rings is 1. The number of nitrogens with two attached hydrogens (primary N) is 2. The molecule has 112 valence electrons. The van der Waals surface area contributed by atoms with E-state index in [2.05, 4.69) is 15.5 Å². The molecule has 0 saturated heterocycles. The SMILES string of the molecule is Nc1cc(N)c(Sc2nnnn2C2CCCC2)c(F)c1Cl. The van der Waals surface area contributed by atoms with Gasteiger partial charge in [-0.25, -0.2) is 9.07 Å². The maximum Gasteiger partial charge on any atom is 0.214 e. The summed E-state index contributed by atoms with van der Waals surface area (Å²) in [6, 6.07) is 1.70. The summed E-state index contributed by atoms with van der Waals surface area (Å²) in [5.41, 5.74) is 11.8. The standard InChI is InChI=1S/C12H14ClFN6S/c13-9-7(15)5-8(16)11(10(9)14)21-12-17-18-19-20(12)6-3-1-2-4-6/h5-6H,1-4,15-16H2. The molecule has 1 saturated carbocycles. The molecule has 0 aliphatic heterocycles. The molecule has 1 heterocycles. The Bertz CT molecular complexity index is 670. The lowest BCUT2D eigenvalue weighted by molar-refractivity contribution is 0.423. The van der Waals surface area contributed by atoms with Crippen molar-refractivity contribution in [3.8, 4) is 0 Å². The van der Waals surface area contributed by atoms with Crippen molar-refractivity contribution in [1.82, 2.24) is 20.2 Å². The number of hydrogen-bond acceptors (Lipinski definition) is 6. The molecule has 1 aromatic heterocycles. The lowest BCUT2D eigenvalue weighted by Crippen LogP contribution is -2.08. The Labute approximate surface area is 130 Å². The largest absolute Gasteiger partial charge is 0.398 e. The first kappa shape index (κ1) is 14.4. The topological polar surface area (TPSA) is 95.6 Å². The first-order valence-electron chi connectivity index (χ1n) is 6.56. The normalized spacial score (nSPS) is 15.7. The summed E-state index contributed by atoms with van der Waals surface area (Å²) < 4.78 is 16.0. The van der Waals surface area contributed by atoms with E-state index in [1.165, 1.54) is 6.07 Å². The molecular formula is C12H14ClFN6S. The van der Waals surface area contributed by atoms with Gasteiger partial charge in [0, 0.05) is 0 Å². The Morgan fingerprint density at radius 1 is 1.29 bits per heavy atom. The van der Waals surface area contributed by atoms with Crippen molar-refractivity contribution < 1.29 is 4.39 Å². The van der Waals surface area contributed by atoms with Crippen LogP contribution in [0.4, 0.5) is 15.8 Å². The third kappa shape index (κ3) is 2.65. The van der Waals surface area contributed by atoms with Crippen molar-refractivity contribution in [3.63, 3.8) is 0 Å². The molecule has 9 heteroatoms. The van der Waals surface area contributed by atoms with Crippen LogP contribution in [0.25, 0.3) is 0 Å². The quantitative estimate of drug-likeness (QED) is 0.841. The van der Waals surface area contributed by atoms with E-state index in [-0.39, 0.29) is 27.3 Å². The van der Waals surface area contributed by atoms with Crippen LogP contribution in [0.3, 0.4) is 0 Å². The minimum atomic E-state index is -0.639. The van der Waals surface area contributed by atoms with Crippen LogP contribution in [0.5, 0.6) is 0 Å². The van der Waals surface area contributed by atoms with Crippen LogP contribution in [0.15, 0.2) is 16.1 Å². The zero-order valence-corrected chi connectivity index (χ0v) is 12.7. The Kier molecular flexibility index (Phi) is 3.90. The van der Waals surface area contributed by atoms with E-state index in [1.807, 2.05) is 0 Å². The highest BCUT2D eigenvalue weighted by Gasteiger charge is 2.24. The van der Waals surface area contributed by atoms with Gasteiger partial charge in [-0.2, -0.15) is 0 Å². The number of benzene rings is 1. The highest BCUT2D eigenvalue weighted by molar-refractivity contribution is 7.99. The van der Waals surface area contributed by atoms with Gasteiger partial charge in [-0.15, -0.1) is 5.10 Å². The van der Waals surface area contributed by atoms with Crippen molar-refractivity contribution in [2.45, 2.75) is 41.8 Å². The number of nitrogens with zero attached hydrogens (tertiary/aromatic N) is 4. The molecule has 0 atom stereocenters. The fraction of sp³-hybridized carbons (Fsp3) is 0.417. The van der Waals surface area contributed by atoms with E-state index in [9.17, 15) is 4.39 Å². The fourth-order valence-corrected chi connectivity index (χ4v) is 3.59. The number of halogens is 2. The second kappa shape index (κ2) is 5.69. The van der Waals surface area contributed by atoms with E-state index >= 15 is 0 Å². The third-order valence-electron chi connectivity index (χ3n) is 3.55. The van der Waals surface area contributed by atoms with Gasteiger partial charge in [-0.1, -0.05) is 24.4 Å². The molecule has 1 fully saturated rings. The molecule has 0 amide bonds. The van der Waals surface area contributed by atoms with Crippen LogP contribution in [-0.2, 0) is 0 Å². The number of anilines is 2. The van der Waals surface area contributed by atoms with Crippen LogP contribution in [0, 0.1) is 5.82 Å². The van der Waals surface area contributed by atoms with Gasteiger partial charge in [0.1, 0.15) is 5.02 Å². The average Bonchev–Trinajstić information content (AvgIpc) is 3.11. The average molecular weight is 329 g/mol. The van der Waals surface area contributed by atoms with Crippen molar-refractivity contribution in [2.75, 3.05) is 11.5 Å². The number of nitrogen functional groups attached to an aromatic ring is 2. The van der Waals surface area contributed by atoms with Gasteiger partial charge in [0.15, 0.2) is 5.82 Å². The summed E-state index contributed by atoms with van der Waals surface area (Å²) in [5, 5.41) is 12.0. The van der Waals surface area contributed by atoms with Crippen LogP contribution >= 0.6 is 23.4 Å². The molecule has 0 radical (unpaired) electrons. The zero-order valence-electron chi connectivity index (χ0n) is 11.1. The fourth-order valence-electron chi connectivity index (χ4n) is 2.48. The maximum absolute atomic E-state index is 14.2. The summed E-state index contributed by atoms with van der Waals surface area (Å²) in [4.78, 5) is 0.197. The number of rotatable bonds is 3. The molecule has 0 spiro atoms. The van der Waals surface area contributed by atoms with Gasteiger partial charge in [0.25, 0.3) is 0 Å². The van der Waals surface area contributed by atoms with E-state index in [0.717, 1.165) is 37.4 Å². The van der Waals surface area contributed by atoms with Gasteiger partial charge in [0.2, 0.25) is 5.16 Å². The predicted octanol–water partition coefficient (Wildman–Crippen LogP) is 2.90. The second-order valence-electron chi connectivity index (χ2n) is 4.96. The summed E-state index contributed by atoms with van der Waals surface area (Å²) in [6.45, 7) is 0. The molecule has 6 nitrogen and oxygen atoms in total. The molecule has 1 aromatic carbocycles. The minimum Gasteiger partial charge on any atom is -0.398 e. The van der Waals surface area contributed by atoms with Gasteiger partial charge < -0.3 is 11.5 Å². The summed E-state index contributed by atoms with van der Waals surface area (Å²) >= 11 is 6.91. The molecule has 1 aliphatic rings. The molecule has 0 bridgehead atoms. The predicted molar refractivity (Wildman–Crippen MR) is 79.7 cm³/mol. The number of aromatic nitrogens is 4. The van der Waals surface area contributed by atoms with Crippen molar-refractivity contribution in [2.24, 2.45) is 0 Å². The molecule has 21 heavy (non-hydrogen) atoms. The lowest BCUT2D eigenvalue weighted by Gasteiger charge is -2.13. The van der Waals surface area contributed by atoms with E-state index < -0.39 is 5.82 Å². The first-order valence-corrected chi connectivity index (χ1v) is 7.76. The Balaban J connectivity index is 1.95. The first-order chi connectivity index (χ1) is 10.1. The van der Waals surface area contributed by atoms with Crippen LogP contribution < -0.4 is 11.5 Å². The van der Waals surface area contributed by atoms with Gasteiger partial charge >= 0.3 is 0 Å². The summed E-state index contributed by atoms with van der Waals surface area (Å²) in [6.07, 6.45) is 4.36. The van der Waals surface area contributed by atoms with E-state index in [0.29, 0.717) is 5.16 Å². The Morgan fingerprint density at radius 2 is 2.00 bits per heavy atom. The molecule has 1 aliphatic carbocycles.